The smallest absolute Gasteiger partial charge is 0.293 e. The highest BCUT2D eigenvalue weighted by molar-refractivity contribution is 6.30. The first-order valence-corrected chi connectivity index (χ1v) is 8.92. The van der Waals surface area contributed by atoms with Gasteiger partial charge in [-0.2, -0.15) is 4.98 Å². The molecule has 0 radical (unpaired) electrons. The summed E-state index contributed by atoms with van der Waals surface area (Å²) >= 11 is 5.93. The topological polar surface area (TPSA) is 66.6 Å². The Hall–Kier alpha value is -2.51. The minimum absolute atomic E-state index is 0.138. The monoisotopic (exact) mass is 370 g/mol. The summed E-state index contributed by atoms with van der Waals surface area (Å²) < 4.78 is 1.60. The van der Waals surface area contributed by atoms with E-state index >= 15 is 0 Å². The number of nitrogens with zero attached hydrogens (tertiary/aromatic N) is 6. The predicted octanol–water partition coefficient (Wildman–Crippen LogP) is 2.04. The van der Waals surface area contributed by atoms with Crippen LogP contribution in [0.25, 0.3) is 5.78 Å². The van der Waals surface area contributed by atoms with Crippen molar-refractivity contribution in [2.75, 3.05) is 26.2 Å². The highest BCUT2D eigenvalue weighted by Gasteiger charge is 2.25. The van der Waals surface area contributed by atoms with E-state index in [1.54, 1.807) is 10.7 Å². The number of hydrogen-bond acceptors (Lipinski definition) is 5. The van der Waals surface area contributed by atoms with Gasteiger partial charge in [0, 0.05) is 49.6 Å². The molecule has 1 aromatic carbocycles. The molecule has 0 spiro atoms. The van der Waals surface area contributed by atoms with Crippen molar-refractivity contribution in [3.63, 3.8) is 0 Å². The summed E-state index contributed by atoms with van der Waals surface area (Å²) in [4.78, 5) is 25.3. The van der Waals surface area contributed by atoms with E-state index in [9.17, 15) is 4.79 Å². The Morgan fingerprint density at radius 2 is 1.85 bits per heavy atom. The Morgan fingerprint density at radius 3 is 2.54 bits per heavy atom. The molecule has 8 heteroatoms. The molecular weight excluding hydrogens is 352 g/mol. The fourth-order valence-electron chi connectivity index (χ4n) is 3.10. The standard InChI is InChI=1S/C18H19ClN6O/c1-13-6-7-20-18-21-16(22-25(13)18)17(26)24-10-8-23(9-11-24)12-14-2-4-15(19)5-3-14/h2-7H,8-12H2,1H3. The molecule has 0 saturated carbocycles. The molecule has 1 aliphatic heterocycles. The molecular formula is C18H19ClN6O. The van der Waals surface area contributed by atoms with Crippen molar-refractivity contribution >= 4 is 23.3 Å². The van der Waals surface area contributed by atoms with E-state index in [4.69, 9.17) is 11.6 Å². The van der Waals surface area contributed by atoms with Gasteiger partial charge in [0.15, 0.2) is 0 Å². The number of carbonyl (C=O) groups is 1. The van der Waals surface area contributed by atoms with Gasteiger partial charge >= 0.3 is 0 Å². The van der Waals surface area contributed by atoms with Crippen molar-refractivity contribution in [3.05, 3.63) is 58.6 Å². The molecule has 0 unspecified atom stereocenters. The first kappa shape index (κ1) is 16.9. The van der Waals surface area contributed by atoms with Gasteiger partial charge in [-0.05, 0) is 30.7 Å². The quantitative estimate of drug-likeness (QED) is 0.706. The third kappa shape index (κ3) is 3.40. The number of aromatic nitrogens is 4. The molecule has 0 N–H and O–H groups in total. The maximum atomic E-state index is 12.7. The fourth-order valence-corrected chi connectivity index (χ4v) is 3.22. The van der Waals surface area contributed by atoms with Crippen LogP contribution in [0.15, 0.2) is 36.5 Å². The van der Waals surface area contributed by atoms with E-state index in [-0.39, 0.29) is 11.7 Å². The van der Waals surface area contributed by atoms with E-state index < -0.39 is 0 Å². The molecule has 0 atom stereocenters. The summed E-state index contributed by atoms with van der Waals surface area (Å²) in [6.45, 7) is 5.73. The van der Waals surface area contributed by atoms with Gasteiger partial charge < -0.3 is 4.90 Å². The van der Waals surface area contributed by atoms with E-state index in [2.05, 4.69) is 20.0 Å². The van der Waals surface area contributed by atoms with Crippen LogP contribution in [-0.2, 0) is 6.54 Å². The molecule has 4 rings (SSSR count). The second-order valence-corrected chi connectivity index (χ2v) is 6.86. The first-order valence-electron chi connectivity index (χ1n) is 8.54. The first-order chi connectivity index (χ1) is 12.6. The van der Waals surface area contributed by atoms with E-state index in [0.29, 0.717) is 18.9 Å². The normalized spacial score (nSPS) is 15.5. The highest BCUT2D eigenvalue weighted by atomic mass is 35.5. The zero-order chi connectivity index (χ0) is 18.1. The number of fused-ring (bicyclic) bond motifs is 1. The van der Waals surface area contributed by atoms with E-state index in [0.717, 1.165) is 30.4 Å². The molecule has 0 aliphatic carbocycles. The molecule has 7 nitrogen and oxygen atoms in total. The van der Waals surface area contributed by atoms with Crippen LogP contribution in [-0.4, -0.2) is 61.5 Å². The Morgan fingerprint density at radius 1 is 1.12 bits per heavy atom. The van der Waals surface area contributed by atoms with Gasteiger partial charge in [-0.1, -0.05) is 23.7 Å². The van der Waals surface area contributed by atoms with Crippen molar-refractivity contribution in [2.24, 2.45) is 0 Å². The maximum absolute atomic E-state index is 12.7. The largest absolute Gasteiger partial charge is 0.333 e. The van der Waals surface area contributed by atoms with Crippen LogP contribution in [0.4, 0.5) is 0 Å². The second kappa shape index (κ2) is 7.01. The number of piperazine rings is 1. The van der Waals surface area contributed by atoms with E-state index in [1.807, 2.05) is 42.2 Å². The Balaban J connectivity index is 1.39. The van der Waals surface area contributed by atoms with Crippen molar-refractivity contribution in [1.82, 2.24) is 29.4 Å². The average molecular weight is 371 g/mol. The van der Waals surface area contributed by atoms with Gasteiger partial charge in [0.2, 0.25) is 5.82 Å². The van der Waals surface area contributed by atoms with Crippen LogP contribution in [0.5, 0.6) is 0 Å². The predicted molar refractivity (Wildman–Crippen MR) is 98.2 cm³/mol. The van der Waals surface area contributed by atoms with Crippen molar-refractivity contribution < 1.29 is 4.79 Å². The summed E-state index contributed by atoms with van der Waals surface area (Å²) in [7, 11) is 0. The molecule has 26 heavy (non-hydrogen) atoms. The van der Waals surface area contributed by atoms with Gasteiger partial charge in [-0.3, -0.25) is 9.69 Å². The number of carbonyl (C=O) groups excluding carboxylic acids is 1. The Labute approximate surface area is 156 Å². The zero-order valence-corrected chi connectivity index (χ0v) is 15.2. The molecule has 0 bridgehead atoms. The zero-order valence-electron chi connectivity index (χ0n) is 14.5. The molecule has 1 saturated heterocycles. The molecule has 1 aliphatic rings. The number of benzene rings is 1. The minimum atomic E-state index is -0.138. The van der Waals surface area contributed by atoms with Crippen LogP contribution in [0.3, 0.4) is 0 Å². The number of rotatable bonds is 3. The molecule has 134 valence electrons. The van der Waals surface area contributed by atoms with Crippen LogP contribution in [0, 0.1) is 6.92 Å². The third-order valence-electron chi connectivity index (χ3n) is 4.60. The molecule has 3 heterocycles. The third-order valence-corrected chi connectivity index (χ3v) is 4.85. The SMILES string of the molecule is Cc1ccnc2nc(C(=O)N3CCN(Cc4ccc(Cl)cc4)CC3)nn12. The van der Waals surface area contributed by atoms with Crippen molar-refractivity contribution in [1.29, 1.82) is 0 Å². The van der Waals surface area contributed by atoms with Crippen LogP contribution >= 0.6 is 11.6 Å². The van der Waals surface area contributed by atoms with Gasteiger partial charge in [0.05, 0.1) is 0 Å². The highest BCUT2D eigenvalue weighted by Crippen LogP contribution is 2.14. The lowest BCUT2D eigenvalue weighted by Gasteiger charge is -2.34. The van der Waals surface area contributed by atoms with E-state index in [1.165, 1.54) is 5.56 Å². The van der Waals surface area contributed by atoms with Gasteiger partial charge in [0.1, 0.15) is 0 Å². The summed E-state index contributed by atoms with van der Waals surface area (Å²) in [6.07, 6.45) is 1.67. The average Bonchev–Trinajstić information content (AvgIpc) is 3.09. The number of amides is 1. The summed E-state index contributed by atoms with van der Waals surface area (Å²) in [5, 5.41) is 5.05. The van der Waals surface area contributed by atoms with Crippen LogP contribution < -0.4 is 0 Å². The summed E-state index contributed by atoms with van der Waals surface area (Å²) in [6, 6.07) is 9.72. The molecule has 1 fully saturated rings. The Kier molecular flexibility index (Phi) is 4.57. The number of aryl methyl sites for hydroxylation is 1. The molecule has 1 amide bonds. The van der Waals surface area contributed by atoms with Gasteiger partial charge in [-0.15, -0.1) is 5.10 Å². The lowest BCUT2D eigenvalue weighted by atomic mass is 10.2. The summed E-state index contributed by atoms with van der Waals surface area (Å²) in [5.41, 5.74) is 2.12. The lowest BCUT2D eigenvalue weighted by molar-refractivity contribution is 0.0617. The number of hydrogen-bond donors (Lipinski definition) is 0. The Bertz CT molecular complexity index is 931. The number of halogens is 1. The fraction of sp³-hybridized carbons (Fsp3) is 0.333. The molecule has 2 aromatic heterocycles. The van der Waals surface area contributed by atoms with Gasteiger partial charge in [-0.25, -0.2) is 9.50 Å². The molecule has 3 aromatic rings. The second-order valence-electron chi connectivity index (χ2n) is 6.43. The summed E-state index contributed by atoms with van der Waals surface area (Å²) in [5.74, 6) is 0.522. The lowest BCUT2D eigenvalue weighted by Crippen LogP contribution is -2.48. The van der Waals surface area contributed by atoms with Crippen LogP contribution in [0.1, 0.15) is 21.9 Å². The van der Waals surface area contributed by atoms with Gasteiger partial charge in [0.25, 0.3) is 11.7 Å². The van der Waals surface area contributed by atoms with Crippen molar-refractivity contribution in [2.45, 2.75) is 13.5 Å². The minimum Gasteiger partial charge on any atom is -0.333 e. The maximum Gasteiger partial charge on any atom is 0.293 e. The van der Waals surface area contributed by atoms with Crippen LogP contribution in [0.2, 0.25) is 5.02 Å². The van der Waals surface area contributed by atoms with Crippen molar-refractivity contribution in [3.8, 4) is 0 Å².